The number of carbonyl (C=O) groups is 1. The van der Waals surface area contributed by atoms with E-state index >= 15 is 0 Å². The zero-order chi connectivity index (χ0) is 11.5. The van der Waals surface area contributed by atoms with Crippen molar-refractivity contribution in [1.82, 2.24) is 4.90 Å². The Balaban J connectivity index is 1.94. The van der Waals surface area contributed by atoms with Crippen molar-refractivity contribution in [2.24, 2.45) is 5.73 Å². The summed E-state index contributed by atoms with van der Waals surface area (Å²) in [4.78, 5) is 14.1. The average Bonchev–Trinajstić information content (AvgIpc) is 2.76. The topological polar surface area (TPSA) is 55.6 Å². The van der Waals surface area contributed by atoms with E-state index < -0.39 is 0 Å². The lowest BCUT2D eigenvalue weighted by Gasteiger charge is -2.38. The van der Waals surface area contributed by atoms with E-state index in [0.717, 1.165) is 25.8 Å². The van der Waals surface area contributed by atoms with Crippen molar-refractivity contribution in [3.8, 4) is 0 Å². The van der Waals surface area contributed by atoms with Gasteiger partial charge >= 0.3 is 0 Å². The summed E-state index contributed by atoms with van der Waals surface area (Å²) in [5.41, 5.74) is 5.84. The molecule has 1 saturated heterocycles. The predicted molar refractivity (Wildman–Crippen MR) is 62.0 cm³/mol. The molecule has 0 aromatic carbocycles. The van der Waals surface area contributed by atoms with Crippen LogP contribution in [0, 0.1) is 0 Å². The van der Waals surface area contributed by atoms with E-state index in [1.54, 1.807) is 0 Å². The van der Waals surface area contributed by atoms with Gasteiger partial charge in [0.2, 0.25) is 5.91 Å². The molecule has 2 fully saturated rings. The van der Waals surface area contributed by atoms with Gasteiger partial charge in [0.15, 0.2) is 0 Å². The second-order valence-corrected chi connectivity index (χ2v) is 4.87. The van der Waals surface area contributed by atoms with E-state index in [-0.39, 0.29) is 18.1 Å². The van der Waals surface area contributed by atoms with Gasteiger partial charge in [0.05, 0.1) is 18.8 Å². The smallest absolute Gasteiger partial charge is 0.224 e. The Kier molecular flexibility index (Phi) is 3.82. The molecule has 2 aliphatic rings. The van der Waals surface area contributed by atoms with Crippen LogP contribution in [0.25, 0.3) is 0 Å². The number of nitrogens with two attached hydrogens (primary N) is 1. The lowest BCUT2D eigenvalue weighted by atomic mass is 10.1. The maximum absolute atomic E-state index is 12.1. The van der Waals surface area contributed by atoms with Crippen LogP contribution in [0.1, 0.15) is 39.0 Å². The molecule has 1 aliphatic carbocycles. The predicted octanol–water partition coefficient (Wildman–Crippen LogP) is 0.894. The van der Waals surface area contributed by atoms with Crippen LogP contribution < -0.4 is 5.73 Å². The third-order valence-electron chi connectivity index (χ3n) is 3.76. The number of nitrogens with zero attached hydrogens (tertiary/aromatic N) is 1. The zero-order valence-electron chi connectivity index (χ0n) is 10.0. The summed E-state index contributed by atoms with van der Waals surface area (Å²) in [6.45, 7) is 3.46. The molecule has 16 heavy (non-hydrogen) atoms. The molecule has 0 bridgehead atoms. The minimum absolute atomic E-state index is 0.00944. The molecule has 3 unspecified atom stereocenters. The van der Waals surface area contributed by atoms with Crippen LogP contribution in [-0.4, -0.2) is 42.1 Å². The number of ether oxygens (including phenoxy) is 1. The van der Waals surface area contributed by atoms with Crippen LogP contribution in [0.2, 0.25) is 0 Å². The van der Waals surface area contributed by atoms with E-state index in [0.29, 0.717) is 19.1 Å². The summed E-state index contributed by atoms with van der Waals surface area (Å²) in [6, 6.07) is 0.334. The Bertz CT molecular complexity index is 257. The van der Waals surface area contributed by atoms with E-state index in [1.165, 1.54) is 6.42 Å². The number of hydrogen-bond acceptors (Lipinski definition) is 3. The van der Waals surface area contributed by atoms with Gasteiger partial charge in [-0.3, -0.25) is 4.79 Å². The molecule has 4 heteroatoms. The van der Waals surface area contributed by atoms with Crippen LogP contribution in [0.15, 0.2) is 0 Å². The molecular weight excluding hydrogens is 204 g/mol. The quantitative estimate of drug-likeness (QED) is 0.777. The highest BCUT2D eigenvalue weighted by atomic mass is 16.5. The molecule has 2 N–H and O–H groups in total. The number of morpholine rings is 1. The zero-order valence-corrected chi connectivity index (χ0v) is 10.0. The van der Waals surface area contributed by atoms with Gasteiger partial charge in [-0.1, -0.05) is 6.92 Å². The van der Waals surface area contributed by atoms with Crippen LogP contribution >= 0.6 is 0 Å². The largest absolute Gasteiger partial charge is 0.374 e. The molecule has 4 nitrogen and oxygen atoms in total. The molecule has 1 saturated carbocycles. The fraction of sp³-hybridized carbons (Fsp3) is 0.917. The summed E-state index contributed by atoms with van der Waals surface area (Å²) in [7, 11) is 0. The molecule has 0 spiro atoms. The minimum atomic E-state index is 0.00944. The number of carbonyl (C=O) groups excluding carboxylic acids is 1. The van der Waals surface area contributed by atoms with Gasteiger partial charge in [-0.25, -0.2) is 0 Å². The number of hydrogen-bond donors (Lipinski definition) is 1. The summed E-state index contributed by atoms with van der Waals surface area (Å²) in [6.07, 6.45) is 5.02. The van der Waals surface area contributed by atoms with E-state index in [2.05, 4.69) is 0 Å². The van der Waals surface area contributed by atoms with Crippen molar-refractivity contribution in [1.29, 1.82) is 0 Å². The molecule has 2 rings (SSSR count). The highest BCUT2D eigenvalue weighted by Gasteiger charge is 2.38. The van der Waals surface area contributed by atoms with E-state index in [9.17, 15) is 4.79 Å². The Morgan fingerprint density at radius 1 is 1.56 bits per heavy atom. The van der Waals surface area contributed by atoms with Crippen molar-refractivity contribution in [3.05, 3.63) is 0 Å². The summed E-state index contributed by atoms with van der Waals surface area (Å²) >= 11 is 0. The van der Waals surface area contributed by atoms with Gasteiger partial charge in [0.25, 0.3) is 0 Å². The first-order chi connectivity index (χ1) is 7.72. The Morgan fingerprint density at radius 3 is 3.12 bits per heavy atom. The van der Waals surface area contributed by atoms with Gasteiger partial charge in [0, 0.05) is 19.0 Å². The molecule has 0 aromatic rings. The first-order valence-corrected chi connectivity index (χ1v) is 6.39. The van der Waals surface area contributed by atoms with Crippen LogP contribution in [-0.2, 0) is 9.53 Å². The fourth-order valence-corrected chi connectivity index (χ4v) is 2.72. The molecule has 1 aliphatic heterocycles. The fourth-order valence-electron chi connectivity index (χ4n) is 2.72. The van der Waals surface area contributed by atoms with Gasteiger partial charge in [0.1, 0.15) is 0 Å². The normalized spacial score (nSPS) is 31.2. The summed E-state index contributed by atoms with van der Waals surface area (Å²) < 4.78 is 5.69. The first-order valence-electron chi connectivity index (χ1n) is 6.39. The second kappa shape index (κ2) is 5.15. The molecule has 92 valence electrons. The Hall–Kier alpha value is -0.610. The maximum Gasteiger partial charge on any atom is 0.224 e. The monoisotopic (exact) mass is 226 g/mol. The second-order valence-electron chi connectivity index (χ2n) is 4.87. The Labute approximate surface area is 97.1 Å². The van der Waals surface area contributed by atoms with Crippen molar-refractivity contribution in [2.75, 3.05) is 13.2 Å². The maximum atomic E-state index is 12.1. The number of rotatable bonds is 3. The van der Waals surface area contributed by atoms with Crippen LogP contribution in [0.3, 0.4) is 0 Å². The van der Waals surface area contributed by atoms with Crippen LogP contribution in [0.4, 0.5) is 0 Å². The SMILES string of the molecule is CCC(N)CC(=O)N1CCOC2CCCC21. The lowest BCUT2D eigenvalue weighted by Crippen LogP contribution is -2.52. The highest BCUT2D eigenvalue weighted by molar-refractivity contribution is 5.77. The average molecular weight is 226 g/mol. The number of fused-ring (bicyclic) bond motifs is 1. The molecule has 1 amide bonds. The lowest BCUT2D eigenvalue weighted by molar-refractivity contribution is -0.144. The third kappa shape index (κ3) is 2.38. The van der Waals surface area contributed by atoms with Gasteiger partial charge in [-0.05, 0) is 25.7 Å². The van der Waals surface area contributed by atoms with E-state index in [1.807, 2.05) is 11.8 Å². The molecular formula is C12H22N2O2. The van der Waals surface area contributed by atoms with E-state index in [4.69, 9.17) is 10.5 Å². The highest BCUT2D eigenvalue weighted by Crippen LogP contribution is 2.30. The first kappa shape index (κ1) is 11.9. The molecule has 0 aromatic heterocycles. The molecule has 0 radical (unpaired) electrons. The van der Waals surface area contributed by atoms with Crippen molar-refractivity contribution in [2.45, 2.75) is 57.2 Å². The van der Waals surface area contributed by atoms with Gasteiger partial charge < -0.3 is 15.4 Å². The summed E-state index contributed by atoms with van der Waals surface area (Å²) in [5.74, 6) is 0.217. The van der Waals surface area contributed by atoms with Crippen molar-refractivity contribution < 1.29 is 9.53 Å². The van der Waals surface area contributed by atoms with Crippen molar-refractivity contribution in [3.63, 3.8) is 0 Å². The van der Waals surface area contributed by atoms with Crippen molar-refractivity contribution >= 4 is 5.91 Å². The minimum Gasteiger partial charge on any atom is -0.374 e. The van der Waals surface area contributed by atoms with Crippen LogP contribution in [0.5, 0.6) is 0 Å². The third-order valence-corrected chi connectivity index (χ3v) is 3.76. The molecule has 1 heterocycles. The standard InChI is InChI=1S/C12H22N2O2/c1-2-9(13)8-12(15)14-6-7-16-11-5-3-4-10(11)14/h9-11H,2-8,13H2,1H3. The Morgan fingerprint density at radius 2 is 2.38 bits per heavy atom. The van der Waals surface area contributed by atoms with Gasteiger partial charge in [-0.2, -0.15) is 0 Å². The summed E-state index contributed by atoms with van der Waals surface area (Å²) in [5, 5.41) is 0. The molecule has 3 atom stereocenters. The number of amides is 1. The van der Waals surface area contributed by atoms with Gasteiger partial charge in [-0.15, -0.1) is 0 Å².